The Bertz CT molecular complexity index is 1170. The first-order valence-electron chi connectivity index (χ1n) is 9.59. The van der Waals surface area contributed by atoms with Crippen molar-refractivity contribution in [2.24, 2.45) is 0 Å². The number of benzene rings is 2. The number of hydrogen-bond donors (Lipinski definition) is 0. The molecule has 0 aliphatic carbocycles. The van der Waals surface area contributed by atoms with E-state index < -0.39 is 0 Å². The molecule has 0 amide bonds. The molecule has 4 aromatic rings. The van der Waals surface area contributed by atoms with Gasteiger partial charge in [0.1, 0.15) is 11.3 Å². The summed E-state index contributed by atoms with van der Waals surface area (Å²) in [4.78, 5) is 16.9. The quantitative estimate of drug-likeness (QED) is 0.231. The molecule has 2 aromatic heterocycles. The Balaban J connectivity index is 1.46. The molecule has 0 atom stereocenters. The lowest BCUT2D eigenvalue weighted by Crippen LogP contribution is -2.03. The summed E-state index contributed by atoms with van der Waals surface area (Å²) < 4.78 is 15.1. The molecule has 0 aliphatic rings. The van der Waals surface area contributed by atoms with Crippen LogP contribution in [0, 0.1) is 5.82 Å². The van der Waals surface area contributed by atoms with Crippen molar-refractivity contribution < 1.29 is 9.18 Å². The van der Waals surface area contributed by atoms with Crippen molar-refractivity contribution in [1.82, 2.24) is 19.7 Å². The minimum atomic E-state index is -0.337. The van der Waals surface area contributed by atoms with Crippen LogP contribution in [0.5, 0.6) is 0 Å². The van der Waals surface area contributed by atoms with Gasteiger partial charge in [0.15, 0.2) is 11.4 Å². The smallest absolute Gasteiger partial charge is 0.211 e. The second-order valence-corrected chi connectivity index (χ2v) is 8.19. The normalized spacial score (nSPS) is 11.6. The van der Waals surface area contributed by atoms with Gasteiger partial charge >= 0.3 is 0 Å². The summed E-state index contributed by atoms with van der Waals surface area (Å²) in [7, 11) is 0. The van der Waals surface area contributed by atoms with Crippen LogP contribution in [-0.4, -0.2) is 31.3 Å². The van der Waals surface area contributed by atoms with Crippen molar-refractivity contribution in [2.45, 2.75) is 37.9 Å². The summed E-state index contributed by atoms with van der Waals surface area (Å²) in [6, 6.07) is 14.0. The van der Waals surface area contributed by atoms with E-state index >= 15 is 0 Å². The number of carbonyl (C=O) groups excluding carboxylic acids is 1. The van der Waals surface area contributed by atoms with E-state index in [0.717, 1.165) is 22.1 Å². The molecule has 0 radical (unpaired) electrons. The zero-order valence-corrected chi connectivity index (χ0v) is 17.1. The molecule has 0 bridgehead atoms. The van der Waals surface area contributed by atoms with Crippen LogP contribution < -0.4 is 0 Å². The largest absolute Gasteiger partial charge is 0.321 e. The van der Waals surface area contributed by atoms with Gasteiger partial charge in [0.25, 0.3) is 0 Å². The summed E-state index contributed by atoms with van der Waals surface area (Å²) in [5, 5.41) is 10.4. The van der Waals surface area contributed by atoms with E-state index in [9.17, 15) is 9.18 Å². The summed E-state index contributed by atoms with van der Waals surface area (Å²) in [5.74, 6) is 0.387. The zero-order chi connectivity index (χ0) is 20.4. The van der Waals surface area contributed by atoms with Crippen LogP contribution in [0.4, 0.5) is 4.39 Å². The monoisotopic (exact) mass is 408 g/mol. The molecule has 4 rings (SSSR count). The van der Waals surface area contributed by atoms with Crippen LogP contribution in [0.1, 0.15) is 43.1 Å². The molecule has 0 unspecified atom stereocenters. The Hall–Kier alpha value is -2.80. The first-order valence-corrected chi connectivity index (χ1v) is 10.6. The predicted octanol–water partition coefficient (Wildman–Crippen LogP) is 5.45. The highest BCUT2D eigenvalue weighted by atomic mass is 32.2. The third-order valence-corrected chi connectivity index (χ3v) is 5.68. The Kier molecular flexibility index (Phi) is 5.58. The predicted molar refractivity (Wildman–Crippen MR) is 114 cm³/mol. The number of aromatic nitrogens is 4. The molecule has 29 heavy (non-hydrogen) atoms. The number of ketones is 1. The SMILES string of the molecule is CC(C)n1c2ccccc2c2nnc(SCCCC(=O)c3ccc(F)cc3)nc21. The molecule has 148 valence electrons. The zero-order valence-electron chi connectivity index (χ0n) is 16.3. The van der Waals surface area contributed by atoms with E-state index in [1.165, 1.54) is 36.0 Å². The minimum absolute atomic E-state index is 0.0139. The van der Waals surface area contributed by atoms with Crippen LogP contribution >= 0.6 is 11.8 Å². The molecule has 5 nitrogen and oxygen atoms in total. The van der Waals surface area contributed by atoms with Crippen LogP contribution in [0.25, 0.3) is 22.1 Å². The first-order chi connectivity index (χ1) is 14.0. The molecule has 0 fully saturated rings. The molecular weight excluding hydrogens is 387 g/mol. The number of para-hydroxylation sites is 1. The number of Topliss-reactive ketones (excluding diaryl/α,β-unsaturated/α-hetero) is 1. The Labute approximate surface area is 172 Å². The molecule has 2 heterocycles. The van der Waals surface area contributed by atoms with Crippen molar-refractivity contribution in [3.63, 3.8) is 0 Å². The lowest BCUT2D eigenvalue weighted by molar-refractivity contribution is 0.0982. The van der Waals surface area contributed by atoms with Gasteiger partial charge in [0, 0.05) is 29.2 Å². The number of nitrogens with zero attached hydrogens (tertiary/aromatic N) is 4. The maximum Gasteiger partial charge on any atom is 0.211 e. The molecule has 0 aliphatic heterocycles. The fraction of sp³-hybridized carbons (Fsp3) is 0.273. The van der Waals surface area contributed by atoms with Crippen molar-refractivity contribution in [1.29, 1.82) is 0 Å². The second-order valence-electron chi connectivity index (χ2n) is 7.13. The van der Waals surface area contributed by atoms with Crippen molar-refractivity contribution >= 4 is 39.6 Å². The van der Waals surface area contributed by atoms with Crippen LogP contribution in [0.3, 0.4) is 0 Å². The van der Waals surface area contributed by atoms with E-state index in [2.05, 4.69) is 34.7 Å². The highest BCUT2D eigenvalue weighted by Gasteiger charge is 2.16. The number of rotatable bonds is 7. The van der Waals surface area contributed by atoms with Crippen molar-refractivity contribution in [2.75, 3.05) is 5.75 Å². The fourth-order valence-electron chi connectivity index (χ4n) is 3.40. The number of halogens is 1. The number of thioether (sulfide) groups is 1. The molecule has 0 N–H and O–H groups in total. The van der Waals surface area contributed by atoms with Gasteiger partial charge in [-0.15, -0.1) is 10.2 Å². The molecule has 0 spiro atoms. The number of fused-ring (bicyclic) bond motifs is 3. The van der Waals surface area contributed by atoms with Gasteiger partial charge in [-0.1, -0.05) is 30.0 Å². The van der Waals surface area contributed by atoms with Gasteiger partial charge in [0.05, 0.1) is 5.52 Å². The highest BCUT2D eigenvalue weighted by molar-refractivity contribution is 7.99. The van der Waals surface area contributed by atoms with E-state index in [1.54, 1.807) is 0 Å². The average Bonchev–Trinajstić information content (AvgIpc) is 3.05. The van der Waals surface area contributed by atoms with E-state index in [1.807, 2.05) is 18.2 Å². The first kappa shape index (κ1) is 19.5. The number of hydrogen-bond acceptors (Lipinski definition) is 5. The summed E-state index contributed by atoms with van der Waals surface area (Å²) in [6.07, 6.45) is 1.09. The third-order valence-electron chi connectivity index (χ3n) is 4.76. The standard InChI is InChI=1S/C22H21FN4OS/c1-14(2)27-18-7-4-3-6-17(18)20-21(27)24-22(26-25-20)29-13-5-8-19(28)15-9-11-16(23)12-10-15/h3-4,6-7,9-12,14H,5,8,13H2,1-2H3. The van der Waals surface area contributed by atoms with Crippen LogP contribution in [0.15, 0.2) is 53.7 Å². The van der Waals surface area contributed by atoms with E-state index in [4.69, 9.17) is 4.98 Å². The lowest BCUT2D eigenvalue weighted by Gasteiger charge is -2.10. The lowest BCUT2D eigenvalue weighted by atomic mass is 10.1. The maximum absolute atomic E-state index is 13.0. The Morgan fingerprint density at radius 2 is 1.86 bits per heavy atom. The summed E-state index contributed by atoms with van der Waals surface area (Å²) >= 11 is 1.49. The maximum atomic E-state index is 13.0. The molecule has 0 saturated heterocycles. The molecule has 7 heteroatoms. The topological polar surface area (TPSA) is 60.7 Å². The molecule has 2 aromatic carbocycles. The third kappa shape index (κ3) is 4.00. The summed E-state index contributed by atoms with van der Waals surface area (Å²) in [5.41, 5.74) is 3.29. The second kappa shape index (κ2) is 8.29. The van der Waals surface area contributed by atoms with Crippen LogP contribution in [-0.2, 0) is 0 Å². The van der Waals surface area contributed by atoms with Gasteiger partial charge < -0.3 is 4.57 Å². The van der Waals surface area contributed by atoms with E-state index in [0.29, 0.717) is 29.3 Å². The molecular formula is C22H21FN4OS. The van der Waals surface area contributed by atoms with E-state index in [-0.39, 0.29) is 17.6 Å². The Morgan fingerprint density at radius 1 is 1.10 bits per heavy atom. The number of carbonyl (C=O) groups is 1. The van der Waals surface area contributed by atoms with Gasteiger partial charge in [-0.25, -0.2) is 9.37 Å². The minimum Gasteiger partial charge on any atom is -0.321 e. The van der Waals surface area contributed by atoms with Gasteiger partial charge in [-0.05, 0) is 50.6 Å². The Morgan fingerprint density at radius 3 is 2.62 bits per heavy atom. The van der Waals surface area contributed by atoms with Gasteiger partial charge in [-0.2, -0.15) is 0 Å². The van der Waals surface area contributed by atoms with Crippen molar-refractivity contribution in [3.8, 4) is 0 Å². The average molecular weight is 409 g/mol. The fourth-order valence-corrected chi connectivity index (χ4v) is 4.12. The van der Waals surface area contributed by atoms with Crippen molar-refractivity contribution in [3.05, 3.63) is 59.9 Å². The summed E-state index contributed by atoms with van der Waals surface area (Å²) in [6.45, 7) is 4.25. The van der Waals surface area contributed by atoms with Gasteiger partial charge in [-0.3, -0.25) is 4.79 Å². The van der Waals surface area contributed by atoms with Crippen LogP contribution in [0.2, 0.25) is 0 Å². The van der Waals surface area contributed by atoms with Gasteiger partial charge in [0.2, 0.25) is 5.16 Å². The highest BCUT2D eigenvalue weighted by Crippen LogP contribution is 2.30. The molecule has 0 saturated carbocycles.